The Morgan fingerprint density at radius 3 is 3.00 bits per heavy atom. The molecular formula is C8H6ClN3. The van der Waals surface area contributed by atoms with E-state index in [-0.39, 0.29) is 0 Å². The predicted octanol–water partition coefficient (Wildman–Crippen LogP) is 1.87. The van der Waals surface area contributed by atoms with Crippen LogP contribution in [0.1, 0.15) is 0 Å². The third-order valence-electron chi connectivity index (χ3n) is 1.57. The van der Waals surface area contributed by atoms with Gasteiger partial charge < -0.3 is 5.73 Å². The van der Waals surface area contributed by atoms with Crippen molar-refractivity contribution < 1.29 is 0 Å². The molecule has 2 aromatic rings. The summed E-state index contributed by atoms with van der Waals surface area (Å²) >= 11 is 5.66. The first-order chi connectivity index (χ1) is 5.77. The highest BCUT2D eigenvalue weighted by Crippen LogP contribution is 2.17. The summed E-state index contributed by atoms with van der Waals surface area (Å²) in [6.45, 7) is 0. The average Bonchev–Trinajstić information content (AvgIpc) is 2.04. The molecule has 1 aromatic heterocycles. The number of halogens is 1. The van der Waals surface area contributed by atoms with Crippen molar-refractivity contribution in [2.45, 2.75) is 0 Å². The maximum atomic E-state index is 5.66. The number of aromatic nitrogens is 2. The number of hydrogen-bond acceptors (Lipinski definition) is 3. The molecule has 0 aliphatic rings. The Bertz CT molecular complexity index is 428. The third kappa shape index (κ3) is 1.08. The number of nitrogens with zero attached hydrogens (tertiary/aromatic N) is 2. The van der Waals surface area contributed by atoms with Crippen LogP contribution in [0.15, 0.2) is 24.4 Å². The van der Waals surface area contributed by atoms with E-state index in [1.165, 1.54) is 6.20 Å². The highest BCUT2D eigenvalue weighted by Gasteiger charge is 1.99. The highest BCUT2D eigenvalue weighted by atomic mass is 35.5. The Balaban J connectivity index is 2.86. The maximum absolute atomic E-state index is 5.66. The molecule has 0 saturated carbocycles. The largest absolute Gasteiger partial charge is 0.397 e. The van der Waals surface area contributed by atoms with Crippen LogP contribution in [0.25, 0.3) is 11.0 Å². The molecule has 0 atom stereocenters. The van der Waals surface area contributed by atoms with Crippen LogP contribution in [-0.4, -0.2) is 9.97 Å². The fourth-order valence-electron chi connectivity index (χ4n) is 1.04. The molecular weight excluding hydrogens is 174 g/mol. The van der Waals surface area contributed by atoms with Gasteiger partial charge in [-0.05, 0) is 12.1 Å². The van der Waals surface area contributed by atoms with E-state index in [2.05, 4.69) is 9.97 Å². The average molecular weight is 180 g/mol. The Labute approximate surface area is 74.2 Å². The number of nitrogen functional groups attached to an aromatic ring is 1. The van der Waals surface area contributed by atoms with E-state index in [4.69, 9.17) is 17.3 Å². The molecule has 12 heavy (non-hydrogen) atoms. The zero-order valence-corrected chi connectivity index (χ0v) is 6.92. The number of rotatable bonds is 0. The second-order valence-electron chi connectivity index (χ2n) is 2.41. The molecule has 0 saturated heterocycles. The Morgan fingerprint density at radius 2 is 2.17 bits per heavy atom. The van der Waals surface area contributed by atoms with Crippen molar-refractivity contribution in [3.05, 3.63) is 29.5 Å². The van der Waals surface area contributed by atoms with Crippen LogP contribution in [0.5, 0.6) is 0 Å². The number of hydrogen-bond donors (Lipinski definition) is 1. The highest BCUT2D eigenvalue weighted by molar-refractivity contribution is 6.29. The van der Waals surface area contributed by atoms with E-state index in [0.717, 1.165) is 5.52 Å². The van der Waals surface area contributed by atoms with E-state index in [0.29, 0.717) is 16.4 Å². The van der Waals surface area contributed by atoms with Crippen LogP contribution >= 0.6 is 11.6 Å². The molecule has 60 valence electrons. The summed E-state index contributed by atoms with van der Waals surface area (Å²) in [5, 5.41) is 0.383. The third-order valence-corrected chi connectivity index (χ3v) is 1.76. The lowest BCUT2D eigenvalue weighted by atomic mass is 10.2. The molecule has 0 fully saturated rings. The molecule has 0 aliphatic heterocycles. The van der Waals surface area contributed by atoms with Gasteiger partial charge in [-0.25, -0.2) is 9.97 Å². The first kappa shape index (κ1) is 7.31. The summed E-state index contributed by atoms with van der Waals surface area (Å²) in [7, 11) is 0. The summed E-state index contributed by atoms with van der Waals surface area (Å²) in [5.74, 6) is 0. The summed E-state index contributed by atoms with van der Waals surface area (Å²) in [6, 6.07) is 5.43. The topological polar surface area (TPSA) is 51.8 Å². The maximum Gasteiger partial charge on any atom is 0.148 e. The molecule has 4 heteroatoms. The Kier molecular flexibility index (Phi) is 1.59. The Hall–Kier alpha value is -1.35. The monoisotopic (exact) mass is 179 g/mol. The van der Waals surface area contributed by atoms with Gasteiger partial charge in [-0.2, -0.15) is 0 Å². The number of anilines is 1. The van der Waals surface area contributed by atoms with Gasteiger partial charge in [0.25, 0.3) is 0 Å². The van der Waals surface area contributed by atoms with E-state index in [1.54, 1.807) is 6.07 Å². The molecule has 0 radical (unpaired) electrons. The second-order valence-corrected chi connectivity index (χ2v) is 2.79. The quantitative estimate of drug-likeness (QED) is 0.628. The van der Waals surface area contributed by atoms with Crippen molar-refractivity contribution in [3.63, 3.8) is 0 Å². The van der Waals surface area contributed by atoms with Gasteiger partial charge in [0, 0.05) is 0 Å². The SMILES string of the molecule is Nc1cccc2nc(Cl)cnc12. The summed E-state index contributed by atoms with van der Waals surface area (Å²) in [5.41, 5.74) is 7.70. The minimum atomic E-state index is 0.383. The van der Waals surface area contributed by atoms with Crippen molar-refractivity contribution in [2.24, 2.45) is 0 Å². The minimum Gasteiger partial charge on any atom is -0.397 e. The lowest BCUT2D eigenvalue weighted by molar-refractivity contribution is 1.29. The van der Waals surface area contributed by atoms with Crippen LogP contribution in [-0.2, 0) is 0 Å². The standard InChI is InChI=1S/C8H6ClN3/c9-7-4-11-8-5(10)2-1-3-6(8)12-7/h1-4H,10H2. The number of nitrogens with two attached hydrogens (primary N) is 1. The fourth-order valence-corrected chi connectivity index (χ4v) is 1.18. The molecule has 2 rings (SSSR count). The van der Waals surface area contributed by atoms with E-state index < -0.39 is 0 Å². The minimum absolute atomic E-state index is 0.383. The van der Waals surface area contributed by atoms with Crippen molar-refractivity contribution in [2.75, 3.05) is 5.73 Å². The van der Waals surface area contributed by atoms with Gasteiger partial charge in [-0.1, -0.05) is 17.7 Å². The van der Waals surface area contributed by atoms with E-state index in [1.807, 2.05) is 12.1 Å². The molecule has 0 spiro atoms. The second kappa shape index (κ2) is 2.60. The number of benzene rings is 1. The molecule has 0 aliphatic carbocycles. The molecule has 0 unspecified atom stereocenters. The summed E-state index contributed by atoms with van der Waals surface area (Å²) in [4.78, 5) is 8.12. The first-order valence-corrected chi connectivity index (χ1v) is 3.82. The van der Waals surface area contributed by atoms with Crippen molar-refractivity contribution in [1.82, 2.24) is 9.97 Å². The Morgan fingerprint density at radius 1 is 1.33 bits per heavy atom. The normalized spacial score (nSPS) is 10.4. The lowest BCUT2D eigenvalue weighted by Crippen LogP contribution is -1.90. The van der Waals surface area contributed by atoms with Gasteiger partial charge >= 0.3 is 0 Å². The smallest absolute Gasteiger partial charge is 0.148 e. The van der Waals surface area contributed by atoms with Crippen LogP contribution < -0.4 is 5.73 Å². The van der Waals surface area contributed by atoms with Gasteiger partial charge in [-0.15, -0.1) is 0 Å². The summed E-state index contributed by atoms with van der Waals surface area (Å²) < 4.78 is 0. The fraction of sp³-hybridized carbons (Fsp3) is 0. The van der Waals surface area contributed by atoms with Gasteiger partial charge in [0.2, 0.25) is 0 Å². The van der Waals surface area contributed by atoms with Crippen molar-refractivity contribution >= 4 is 28.3 Å². The molecule has 3 nitrogen and oxygen atoms in total. The van der Waals surface area contributed by atoms with Gasteiger partial charge in [0.15, 0.2) is 0 Å². The summed E-state index contributed by atoms with van der Waals surface area (Å²) in [6.07, 6.45) is 1.49. The van der Waals surface area contributed by atoms with Crippen molar-refractivity contribution in [3.8, 4) is 0 Å². The number of para-hydroxylation sites is 1. The van der Waals surface area contributed by atoms with Crippen LogP contribution in [0.2, 0.25) is 5.15 Å². The van der Waals surface area contributed by atoms with E-state index >= 15 is 0 Å². The molecule has 0 amide bonds. The lowest BCUT2D eigenvalue weighted by Gasteiger charge is -1.98. The molecule has 1 aromatic carbocycles. The van der Waals surface area contributed by atoms with E-state index in [9.17, 15) is 0 Å². The molecule has 0 bridgehead atoms. The first-order valence-electron chi connectivity index (χ1n) is 3.44. The van der Waals surface area contributed by atoms with Crippen LogP contribution in [0.4, 0.5) is 5.69 Å². The zero-order valence-electron chi connectivity index (χ0n) is 6.16. The van der Waals surface area contributed by atoms with Crippen LogP contribution in [0.3, 0.4) is 0 Å². The molecule has 1 heterocycles. The van der Waals surface area contributed by atoms with Gasteiger partial charge in [0.05, 0.1) is 17.4 Å². The predicted molar refractivity (Wildman–Crippen MR) is 49.0 cm³/mol. The number of fused-ring (bicyclic) bond motifs is 1. The van der Waals surface area contributed by atoms with Gasteiger partial charge in [0.1, 0.15) is 10.7 Å². The zero-order chi connectivity index (χ0) is 8.55. The molecule has 2 N–H and O–H groups in total. The van der Waals surface area contributed by atoms with Gasteiger partial charge in [-0.3, -0.25) is 0 Å². The van der Waals surface area contributed by atoms with Crippen LogP contribution in [0, 0.1) is 0 Å². The van der Waals surface area contributed by atoms with Crippen molar-refractivity contribution in [1.29, 1.82) is 0 Å².